The largest absolute Gasteiger partial charge is 0.463 e. The molecule has 14 heavy (non-hydrogen) atoms. The number of rotatable bonds is 3. The molecule has 0 heterocycles. The van der Waals surface area contributed by atoms with Crippen molar-refractivity contribution in [2.75, 3.05) is 20.7 Å². The minimum atomic E-state index is -0.525. The number of hydrogen-bond donors (Lipinski definition) is 0. The fraction of sp³-hybridized carbons (Fsp3) is 0.556. The summed E-state index contributed by atoms with van der Waals surface area (Å²) in [4.78, 5) is 23.2. The quantitative estimate of drug-likeness (QED) is 0.390. The van der Waals surface area contributed by atoms with Crippen LogP contribution in [0.2, 0.25) is 0 Å². The zero-order chi connectivity index (χ0) is 11.1. The molecule has 0 aliphatic rings. The first-order valence-electron chi connectivity index (χ1n) is 4.21. The van der Waals surface area contributed by atoms with Gasteiger partial charge in [-0.2, -0.15) is 0 Å². The van der Waals surface area contributed by atoms with E-state index in [4.69, 9.17) is 4.74 Å². The Morgan fingerprint density at radius 2 is 1.93 bits per heavy atom. The maximum atomic E-state index is 11.0. The summed E-state index contributed by atoms with van der Waals surface area (Å²) in [5, 5.41) is 0. The maximum Gasteiger partial charge on any atom is 0.414 e. The number of carbonyl (C=O) groups excluding carboxylic acids is 2. The third-order valence-corrected chi connectivity index (χ3v) is 1.22. The van der Waals surface area contributed by atoms with Gasteiger partial charge in [-0.3, -0.25) is 0 Å². The van der Waals surface area contributed by atoms with E-state index < -0.39 is 12.1 Å². The van der Waals surface area contributed by atoms with Crippen LogP contribution >= 0.6 is 0 Å². The average Bonchev–Trinajstić information content (AvgIpc) is 2.03. The highest BCUT2D eigenvalue weighted by Gasteiger charge is 2.07. The van der Waals surface area contributed by atoms with Gasteiger partial charge in [-0.25, -0.2) is 9.59 Å². The predicted octanol–water partition coefficient (Wildman–Crippen LogP) is 1.15. The first-order valence-corrected chi connectivity index (χ1v) is 4.21. The van der Waals surface area contributed by atoms with Crippen LogP contribution in [-0.4, -0.2) is 37.7 Å². The third kappa shape index (κ3) is 5.18. The molecule has 0 unspecified atom stereocenters. The second kappa shape index (κ2) is 6.01. The van der Waals surface area contributed by atoms with Crippen molar-refractivity contribution in [1.29, 1.82) is 0 Å². The van der Waals surface area contributed by atoms with Gasteiger partial charge in [-0.05, 0) is 13.8 Å². The van der Waals surface area contributed by atoms with E-state index in [1.54, 1.807) is 21.0 Å². The summed E-state index contributed by atoms with van der Waals surface area (Å²) >= 11 is 0. The lowest BCUT2D eigenvalue weighted by Crippen LogP contribution is -2.22. The van der Waals surface area contributed by atoms with E-state index in [1.807, 2.05) is 0 Å². The standard InChI is InChI=1S/C9H15NO4/c1-5-13-8(11)6-7(2)14-9(12)10(3)4/h6H,5H2,1-4H3/b7-6-. The second-order valence-electron chi connectivity index (χ2n) is 2.77. The number of esters is 1. The summed E-state index contributed by atoms with van der Waals surface area (Å²) < 4.78 is 9.41. The Hall–Kier alpha value is -1.52. The van der Waals surface area contributed by atoms with E-state index in [0.717, 1.165) is 6.08 Å². The van der Waals surface area contributed by atoms with E-state index >= 15 is 0 Å². The van der Waals surface area contributed by atoms with E-state index in [-0.39, 0.29) is 5.76 Å². The number of amides is 1. The number of nitrogens with zero attached hydrogens (tertiary/aromatic N) is 1. The molecular weight excluding hydrogens is 186 g/mol. The summed E-state index contributed by atoms with van der Waals surface area (Å²) in [6.07, 6.45) is 0.605. The lowest BCUT2D eigenvalue weighted by atomic mass is 10.5. The van der Waals surface area contributed by atoms with Crippen molar-refractivity contribution < 1.29 is 19.1 Å². The Labute approximate surface area is 83.3 Å². The normalized spacial score (nSPS) is 10.7. The molecule has 0 bridgehead atoms. The van der Waals surface area contributed by atoms with Crippen molar-refractivity contribution in [3.63, 3.8) is 0 Å². The Balaban J connectivity index is 4.13. The summed E-state index contributed by atoms with van der Waals surface area (Å²) in [5.41, 5.74) is 0. The van der Waals surface area contributed by atoms with E-state index in [0.29, 0.717) is 6.61 Å². The van der Waals surface area contributed by atoms with Crippen molar-refractivity contribution >= 4 is 12.1 Å². The number of carbonyl (C=O) groups is 2. The van der Waals surface area contributed by atoms with E-state index in [9.17, 15) is 9.59 Å². The zero-order valence-corrected chi connectivity index (χ0v) is 8.86. The summed E-state index contributed by atoms with van der Waals surface area (Å²) in [7, 11) is 3.11. The van der Waals surface area contributed by atoms with Crippen LogP contribution in [0.1, 0.15) is 13.8 Å². The molecule has 0 aliphatic heterocycles. The molecule has 1 amide bonds. The van der Waals surface area contributed by atoms with Crippen LogP contribution < -0.4 is 0 Å². The second-order valence-corrected chi connectivity index (χ2v) is 2.77. The van der Waals surface area contributed by atoms with Crippen LogP contribution in [0.25, 0.3) is 0 Å². The molecule has 0 atom stereocenters. The molecule has 0 aromatic rings. The molecule has 0 rings (SSSR count). The molecule has 0 saturated heterocycles. The summed E-state index contributed by atoms with van der Waals surface area (Å²) in [5.74, 6) is -0.307. The molecule has 5 nitrogen and oxygen atoms in total. The van der Waals surface area contributed by atoms with Crippen molar-refractivity contribution in [3.05, 3.63) is 11.8 Å². The van der Waals surface area contributed by atoms with E-state index in [1.165, 1.54) is 11.8 Å². The van der Waals surface area contributed by atoms with Crippen LogP contribution in [0, 0.1) is 0 Å². The molecule has 0 fully saturated rings. The van der Waals surface area contributed by atoms with Crippen LogP contribution in [-0.2, 0) is 14.3 Å². The zero-order valence-electron chi connectivity index (χ0n) is 8.86. The Kier molecular flexibility index (Phi) is 5.36. The predicted molar refractivity (Wildman–Crippen MR) is 50.6 cm³/mol. The van der Waals surface area contributed by atoms with Gasteiger partial charge in [0.1, 0.15) is 5.76 Å². The molecule has 0 radical (unpaired) electrons. The smallest absolute Gasteiger partial charge is 0.414 e. The van der Waals surface area contributed by atoms with Gasteiger partial charge in [0.25, 0.3) is 0 Å². The molecule has 0 aliphatic carbocycles. The van der Waals surface area contributed by atoms with Gasteiger partial charge in [-0.1, -0.05) is 0 Å². The van der Waals surface area contributed by atoms with Crippen molar-refractivity contribution in [2.45, 2.75) is 13.8 Å². The molecule has 80 valence electrons. The van der Waals surface area contributed by atoms with Gasteiger partial charge in [0.05, 0.1) is 12.7 Å². The van der Waals surface area contributed by atoms with Gasteiger partial charge < -0.3 is 14.4 Å². The molecule has 0 aromatic heterocycles. The van der Waals surface area contributed by atoms with Gasteiger partial charge >= 0.3 is 12.1 Å². The van der Waals surface area contributed by atoms with Crippen LogP contribution in [0.4, 0.5) is 4.79 Å². The molecule has 0 aromatic carbocycles. The lowest BCUT2D eigenvalue weighted by Gasteiger charge is -2.10. The third-order valence-electron chi connectivity index (χ3n) is 1.22. The summed E-state index contributed by atoms with van der Waals surface area (Å²) in [6.45, 7) is 3.51. The minimum absolute atomic E-state index is 0.210. The highest BCUT2D eigenvalue weighted by atomic mass is 16.6. The topological polar surface area (TPSA) is 55.8 Å². The number of ether oxygens (including phenoxy) is 2. The number of allylic oxidation sites excluding steroid dienone is 1. The Morgan fingerprint density at radius 3 is 2.36 bits per heavy atom. The lowest BCUT2D eigenvalue weighted by molar-refractivity contribution is -0.137. The first-order chi connectivity index (χ1) is 6.47. The molecule has 0 saturated carbocycles. The Morgan fingerprint density at radius 1 is 1.36 bits per heavy atom. The minimum Gasteiger partial charge on any atom is -0.463 e. The monoisotopic (exact) mass is 201 g/mol. The van der Waals surface area contributed by atoms with Gasteiger partial charge in [-0.15, -0.1) is 0 Å². The molecule has 0 N–H and O–H groups in total. The van der Waals surface area contributed by atoms with E-state index in [2.05, 4.69) is 4.74 Å². The molecule has 5 heteroatoms. The van der Waals surface area contributed by atoms with Crippen LogP contribution in [0.15, 0.2) is 11.8 Å². The van der Waals surface area contributed by atoms with Crippen molar-refractivity contribution in [2.24, 2.45) is 0 Å². The van der Waals surface area contributed by atoms with Crippen molar-refractivity contribution in [1.82, 2.24) is 4.90 Å². The van der Waals surface area contributed by atoms with Gasteiger partial charge in [0.2, 0.25) is 0 Å². The average molecular weight is 201 g/mol. The maximum absolute atomic E-state index is 11.0. The van der Waals surface area contributed by atoms with Crippen LogP contribution in [0.3, 0.4) is 0 Å². The highest BCUT2D eigenvalue weighted by Crippen LogP contribution is 1.99. The van der Waals surface area contributed by atoms with Gasteiger partial charge in [0.15, 0.2) is 0 Å². The SMILES string of the molecule is CCOC(=O)/C=C(/C)OC(=O)N(C)C. The fourth-order valence-electron chi connectivity index (χ4n) is 0.608. The Bertz CT molecular complexity index is 245. The summed E-state index contributed by atoms with van der Waals surface area (Å²) in [6, 6.07) is 0. The highest BCUT2D eigenvalue weighted by molar-refractivity contribution is 5.83. The van der Waals surface area contributed by atoms with Crippen LogP contribution in [0.5, 0.6) is 0 Å². The molecular formula is C9H15NO4. The van der Waals surface area contributed by atoms with Crippen molar-refractivity contribution in [3.8, 4) is 0 Å². The van der Waals surface area contributed by atoms with Gasteiger partial charge in [0, 0.05) is 14.1 Å². The first kappa shape index (κ1) is 12.5. The fourth-order valence-corrected chi connectivity index (χ4v) is 0.608. The number of hydrogen-bond acceptors (Lipinski definition) is 4. The molecule has 0 spiro atoms.